The number of nitrogens with one attached hydrogen (secondary N) is 2. The molecular formula is C23H40IN5O. The number of guanidine groups is 1. The van der Waals surface area contributed by atoms with E-state index >= 15 is 0 Å². The van der Waals surface area contributed by atoms with E-state index in [4.69, 9.17) is 0 Å². The average Bonchev–Trinajstić information content (AvgIpc) is 2.74. The monoisotopic (exact) mass is 529 g/mol. The number of amides is 1. The van der Waals surface area contributed by atoms with Crippen molar-refractivity contribution < 1.29 is 4.79 Å². The Morgan fingerprint density at radius 2 is 1.90 bits per heavy atom. The summed E-state index contributed by atoms with van der Waals surface area (Å²) in [4.78, 5) is 21.6. The predicted octanol–water partition coefficient (Wildman–Crippen LogP) is 3.25. The molecule has 0 aromatic heterocycles. The predicted molar refractivity (Wildman–Crippen MR) is 137 cm³/mol. The maximum Gasteiger partial charge on any atom is 0.244 e. The molecular weight excluding hydrogens is 489 g/mol. The highest BCUT2D eigenvalue weighted by Crippen LogP contribution is 2.18. The molecule has 170 valence electrons. The molecule has 0 radical (unpaired) electrons. The standard InChI is InChI=1S/C23H39N5O.HI/c1-5-24-23(26-19(4)11-10-15-27(6-2)7-3)25-17-22(29)28-16-14-20-12-8-9-13-21(20)18-28;/h8-9,12-13,19H,5-7,10-11,14-18H2,1-4H3,(H2,24,25,26);1H. The maximum atomic E-state index is 12.7. The third kappa shape index (κ3) is 8.79. The lowest BCUT2D eigenvalue weighted by atomic mass is 10.00. The topological polar surface area (TPSA) is 60.0 Å². The molecule has 1 aliphatic rings. The number of hydrogen-bond acceptors (Lipinski definition) is 3. The van der Waals surface area contributed by atoms with Gasteiger partial charge in [-0.25, -0.2) is 4.99 Å². The van der Waals surface area contributed by atoms with Crippen molar-refractivity contribution in [2.24, 2.45) is 4.99 Å². The normalized spacial score (nSPS) is 14.7. The number of rotatable bonds is 10. The van der Waals surface area contributed by atoms with Crippen LogP contribution < -0.4 is 10.6 Å². The van der Waals surface area contributed by atoms with Gasteiger partial charge in [-0.2, -0.15) is 0 Å². The minimum Gasteiger partial charge on any atom is -0.357 e. The molecule has 1 unspecified atom stereocenters. The molecule has 0 saturated carbocycles. The third-order valence-corrected chi connectivity index (χ3v) is 5.59. The van der Waals surface area contributed by atoms with Crippen molar-refractivity contribution in [3.8, 4) is 0 Å². The number of benzene rings is 1. The van der Waals surface area contributed by atoms with Crippen LogP contribution in [0.3, 0.4) is 0 Å². The number of carbonyl (C=O) groups excluding carboxylic acids is 1. The lowest BCUT2D eigenvalue weighted by molar-refractivity contribution is -0.130. The van der Waals surface area contributed by atoms with Crippen LogP contribution in [0.25, 0.3) is 0 Å². The molecule has 2 N–H and O–H groups in total. The van der Waals surface area contributed by atoms with Gasteiger partial charge in [-0.15, -0.1) is 24.0 Å². The molecule has 1 amide bonds. The van der Waals surface area contributed by atoms with Crippen molar-refractivity contribution in [3.05, 3.63) is 35.4 Å². The van der Waals surface area contributed by atoms with Crippen LogP contribution in [-0.4, -0.2) is 67.0 Å². The lowest BCUT2D eigenvalue weighted by Gasteiger charge is -2.28. The van der Waals surface area contributed by atoms with E-state index in [2.05, 4.69) is 59.5 Å². The Bertz CT molecular complexity index is 663. The summed E-state index contributed by atoms with van der Waals surface area (Å²) >= 11 is 0. The number of aliphatic imine (C=N–C) groups is 1. The Morgan fingerprint density at radius 3 is 2.57 bits per heavy atom. The molecule has 1 aromatic rings. The molecule has 1 aromatic carbocycles. The summed E-state index contributed by atoms with van der Waals surface area (Å²) in [6.07, 6.45) is 3.16. The minimum atomic E-state index is 0. The zero-order valence-electron chi connectivity index (χ0n) is 19.1. The molecule has 7 heteroatoms. The fourth-order valence-electron chi connectivity index (χ4n) is 3.74. The Morgan fingerprint density at radius 1 is 1.20 bits per heavy atom. The van der Waals surface area contributed by atoms with Crippen molar-refractivity contribution in [3.63, 3.8) is 0 Å². The van der Waals surface area contributed by atoms with Crippen LogP contribution in [0.15, 0.2) is 29.3 Å². The summed E-state index contributed by atoms with van der Waals surface area (Å²) in [5.41, 5.74) is 2.61. The van der Waals surface area contributed by atoms with Gasteiger partial charge in [-0.1, -0.05) is 38.1 Å². The first kappa shape index (κ1) is 26.7. The van der Waals surface area contributed by atoms with Crippen LogP contribution in [0.1, 0.15) is 51.7 Å². The first-order valence-electron chi connectivity index (χ1n) is 11.2. The van der Waals surface area contributed by atoms with E-state index in [-0.39, 0.29) is 36.4 Å². The largest absolute Gasteiger partial charge is 0.357 e. The number of hydrogen-bond donors (Lipinski definition) is 2. The van der Waals surface area contributed by atoms with E-state index in [1.807, 2.05) is 17.9 Å². The highest BCUT2D eigenvalue weighted by Gasteiger charge is 2.20. The molecule has 1 heterocycles. The quantitative estimate of drug-likeness (QED) is 0.278. The Hall–Kier alpha value is -1.35. The number of fused-ring (bicyclic) bond motifs is 1. The van der Waals surface area contributed by atoms with Crippen molar-refractivity contribution in [2.75, 3.05) is 39.3 Å². The van der Waals surface area contributed by atoms with E-state index in [0.29, 0.717) is 12.6 Å². The van der Waals surface area contributed by atoms with Crippen molar-refractivity contribution in [2.45, 2.75) is 59.5 Å². The summed E-state index contributed by atoms with van der Waals surface area (Å²) in [6, 6.07) is 8.70. The zero-order valence-corrected chi connectivity index (χ0v) is 21.4. The van der Waals surface area contributed by atoms with E-state index in [1.54, 1.807) is 0 Å². The molecule has 6 nitrogen and oxygen atoms in total. The number of nitrogens with zero attached hydrogens (tertiary/aromatic N) is 3. The Kier molecular flexibility index (Phi) is 13.0. The number of carbonyl (C=O) groups is 1. The van der Waals surface area contributed by atoms with Gasteiger partial charge in [-0.05, 0) is 63.9 Å². The van der Waals surface area contributed by atoms with Gasteiger partial charge in [0.15, 0.2) is 5.96 Å². The summed E-state index contributed by atoms with van der Waals surface area (Å²) in [5, 5.41) is 6.72. The molecule has 0 spiro atoms. The fraction of sp³-hybridized carbons (Fsp3) is 0.652. The smallest absolute Gasteiger partial charge is 0.244 e. The minimum absolute atomic E-state index is 0. The SMILES string of the molecule is CCNC(=NCC(=O)N1CCc2ccccc2C1)NC(C)CCCN(CC)CC.I. The van der Waals surface area contributed by atoms with Crippen molar-refractivity contribution in [1.82, 2.24) is 20.4 Å². The van der Waals surface area contributed by atoms with Gasteiger partial charge in [0.2, 0.25) is 5.91 Å². The zero-order chi connectivity index (χ0) is 21.1. The van der Waals surface area contributed by atoms with Gasteiger partial charge in [0.05, 0.1) is 0 Å². The van der Waals surface area contributed by atoms with Gasteiger partial charge in [0, 0.05) is 25.7 Å². The van der Waals surface area contributed by atoms with Crippen LogP contribution in [0.5, 0.6) is 0 Å². The molecule has 2 rings (SSSR count). The van der Waals surface area contributed by atoms with Gasteiger partial charge >= 0.3 is 0 Å². The Balaban J connectivity index is 0.00000450. The fourth-order valence-corrected chi connectivity index (χ4v) is 3.74. The summed E-state index contributed by atoms with van der Waals surface area (Å²) in [5.74, 6) is 0.819. The van der Waals surface area contributed by atoms with Crippen LogP contribution >= 0.6 is 24.0 Å². The van der Waals surface area contributed by atoms with Gasteiger partial charge in [0.25, 0.3) is 0 Å². The average molecular weight is 530 g/mol. The molecule has 0 fully saturated rings. The van der Waals surface area contributed by atoms with Gasteiger partial charge in [-0.3, -0.25) is 4.79 Å². The van der Waals surface area contributed by atoms with E-state index in [0.717, 1.165) is 57.9 Å². The molecule has 1 aliphatic heterocycles. The second-order valence-corrected chi connectivity index (χ2v) is 7.74. The molecule has 1 atom stereocenters. The first-order chi connectivity index (χ1) is 14.1. The van der Waals surface area contributed by atoms with E-state index < -0.39 is 0 Å². The highest BCUT2D eigenvalue weighted by molar-refractivity contribution is 14.0. The third-order valence-electron chi connectivity index (χ3n) is 5.59. The van der Waals surface area contributed by atoms with Crippen molar-refractivity contribution in [1.29, 1.82) is 0 Å². The lowest BCUT2D eigenvalue weighted by Crippen LogP contribution is -2.43. The van der Waals surface area contributed by atoms with Gasteiger partial charge in [0.1, 0.15) is 6.54 Å². The van der Waals surface area contributed by atoms with Crippen molar-refractivity contribution >= 4 is 35.8 Å². The van der Waals surface area contributed by atoms with Crippen LogP contribution in [-0.2, 0) is 17.8 Å². The number of halogens is 1. The second kappa shape index (κ2) is 14.6. The summed E-state index contributed by atoms with van der Waals surface area (Å²) in [6.45, 7) is 14.4. The van der Waals surface area contributed by atoms with E-state index in [9.17, 15) is 4.79 Å². The van der Waals surface area contributed by atoms with Crippen LogP contribution in [0.2, 0.25) is 0 Å². The van der Waals surface area contributed by atoms with E-state index in [1.165, 1.54) is 11.1 Å². The van der Waals surface area contributed by atoms with Gasteiger partial charge < -0.3 is 20.4 Å². The molecule has 30 heavy (non-hydrogen) atoms. The molecule has 0 saturated heterocycles. The van der Waals surface area contributed by atoms with Crippen LogP contribution in [0, 0.1) is 0 Å². The summed E-state index contributed by atoms with van der Waals surface area (Å²) < 4.78 is 0. The van der Waals surface area contributed by atoms with Crippen LogP contribution in [0.4, 0.5) is 0 Å². The maximum absolute atomic E-state index is 12.7. The first-order valence-corrected chi connectivity index (χ1v) is 11.2. The molecule has 0 bridgehead atoms. The Labute approximate surface area is 199 Å². The highest BCUT2D eigenvalue weighted by atomic mass is 127. The second-order valence-electron chi connectivity index (χ2n) is 7.74. The molecule has 0 aliphatic carbocycles. The summed E-state index contributed by atoms with van der Waals surface area (Å²) in [7, 11) is 0.